The number of thiophene rings is 1. The summed E-state index contributed by atoms with van der Waals surface area (Å²) in [5, 5.41) is 9.76. The summed E-state index contributed by atoms with van der Waals surface area (Å²) < 4.78 is 4.66. The van der Waals surface area contributed by atoms with E-state index in [1.807, 2.05) is 22.2 Å². The second kappa shape index (κ2) is 8.04. The molecule has 3 rings (SSSR count). The van der Waals surface area contributed by atoms with Crippen molar-refractivity contribution in [3.05, 3.63) is 63.3 Å². The summed E-state index contributed by atoms with van der Waals surface area (Å²) in [4.78, 5) is 28.0. The van der Waals surface area contributed by atoms with Gasteiger partial charge in [0, 0.05) is 22.9 Å². The first-order valence-electron chi connectivity index (χ1n) is 7.56. The third-order valence-electron chi connectivity index (χ3n) is 3.53. The molecule has 1 amide bonds. The van der Waals surface area contributed by atoms with Crippen molar-refractivity contribution in [2.75, 3.05) is 7.11 Å². The summed E-state index contributed by atoms with van der Waals surface area (Å²) in [6.45, 7) is 0.405. The van der Waals surface area contributed by atoms with Crippen molar-refractivity contribution in [2.45, 2.75) is 13.0 Å². The third kappa shape index (κ3) is 4.52. The van der Waals surface area contributed by atoms with E-state index in [0.717, 1.165) is 21.8 Å². The predicted octanol–water partition coefficient (Wildman–Crippen LogP) is 3.52. The van der Waals surface area contributed by atoms with E-state index in [2.05, 4.69) is 15.0 Å². The van der Waals surface area contributed by atoms with E-state index in [0.29, 0.717) is 12.1 Å². The Kier molecular flexibility index (Phi) is 5.57. The van der Waals surface area contributed by atoms with E-state index in [-0.39, 0.29) is 18.3 Å². The van der Waals surface area contributed by atoms with Gasteiger partial charge in [0.2, 0.25) is 5.91 Å². The minimum Gasteiger partial charge on any atom is -0.465 e. The van der Waals surface area contributed by atoms with Gasteiger partial charge in [0.15, 0.2) is 0 Å². The van der Waals surface area contributed by atoms with Gasteiger partial charge in [0.1, 0.15) is 5.01 Å². The van der Waals surface area contributed by atoms with Crippen LogP contribution in [-0.2, 0) is 22.5 Å². The van der Waals surface area contributed by atoms with Crippen LogP contribution in [0.15, 0.2) is 46.5 Å². The maximum atomic E-state index is 12.1. The van der Waals surface area contributed by atoms with E-state index < -0.39 is 0 Å². The average Bonchev–Trinajstić information content (AvgIpc) is 3.31. The lowest BCUT2D eigenvalue weighted by Crippen LogP contribution is -2.24. The number of nitrogens with zero attached hydrogens (tertiary/aromatic N) is 1. The number of benzene rings is 1. The zero-order valence-electron chi connectivity index (χ0n) is 13.5. The van der Waals surface area contributed by atoms with Crippen LogP contribution in [0.4, 0.5) is 0 Å². The lowest BCUT2D eigenvalue weighted by Gasteiger charge is -2.05. The number of hydrogen-bond donors (Lipinski definition) is 1. The molecular formula is C18H16N2O3S2. The molecule has 2 aromatic heterocycles. The molecule has 0 fully saturated rings. The van der Waals surface area contributed by atoms with Gasteiger partial charge in [0.25, 0.3) is 0 Å². The Hall–Kier alpha value is -2.51. The second-order valence-electron chi connectivity index (χ2n) is 5.30. The summed E-state index contributed by atoms with van der Waals surface area (Å²) in [5.74, 6) is -0.459. The number of carbonyl (C=O) groups excluding carboxylic acids is 2. The molecule has 1 aromatic carbocycles. The first kappa shape index (κ1) is 17.3. The van der Waals surface area contributed by atoms with E-state index in [9.17, 15) is 9.59 Å². The maximum absolute atomic E-state index is 12.1. The van der Waals surface area contributed by atoms with Crippen molar-refractivity contribution in [3.8, 4) is 10.6 Å². The molecular weight excluding hydrogens is 356 g/mol. The molecule has 0 bridgehead atoms. The molecule has 5 nitrogen and oxygen atoms in total. The SMILES string of the molecule is COC(=O)c1ccc(CNC(=O)Cc2csc(-c3ccsc3)n2)cc1. The van der Waals surface area contributed by atoms with Gasteiger partial charge in [-0.25, -0.2) is 9.78 Å². The quantitative estimate of drug-likeness (QED) is 0.672. The van der Waals surface area contributed by atoms with Crippen molar-refractivity contribution < 1.29 is 14.3 Å². The van der Waals surface area contributed by atoms with Crippen molar-refractivity contribution in [2.24, 2.45) is 0 Å². The van der Waals surface area contributed by atoms with Crippen LogP contribution in [0.25, 0.3) is 10.6 Å². The molecule has 0 radical (unpaired) electrons. The predicted molar refractivity (Wildman–Crippen MR) is 98.8 cm³/mol. The summed E-state index contributed by atoms with van der Waals surface area (Å²) in [7, 11) is 1.35. The number of nitrogens with one attached hydrogen (secondary N) is 1. The highest BCUT2D eigenvalue weighted by atomic mass is 32.1. The smallest absolute Gasteiger partial charge is 0.337 e. The van der Waals surface area contributed by atoms with Gasteiger partial charge < -0.3 is 10.1 Å². The number of amides is 1. The molecule has 0 saturated heterocycles. The molecule has 0 unspecified atom stereocenters. The summed E-state index contributed by atoms with van der Waals surface area (Å²) in [6, 6.07) is 8.97. The summed E-state index contributed by atoms with van der Waals surface area (Å²) >= 11 is 3.17. The fourth-order valence-electron chi connectivity index (χ4n) is 2.21. The molecule has 3 aromatic rings. The zero-order chi connectivity index (χ0) is 17.6. The monoisotopic (exact) mass is 372 g/mol. The van der Waals surface area contributed by atoms with Gasteiger partial charge >= 0.3 is 5.97 Å². The third-order valence-corrected chi connectivity index (χ3v) is 5.15. The van der Waals surface area contributed by atoms with Gasteiger partial charge in [0.05, 0.1) is 24.8 Å². The van der Waals surface area contributed by atoms with E-state index in [4.69, 9.17) is 0 Å². The molecule has 25 heavy (non-hydrogen) atoms. The van der Waals surface area contributed by atoms with Crippen LogP contribution in [0.1, 0.15) is 21.6 Å². The minimum atomic E-state index is -0.374. The summed E-state index contributed by atoms with van der Waals surface area (Å²) in [5.41, 5.74) is 3.26. The number of methoxy groups -OCH3 is 1. The Balaban J connectivity index is 1.52. The average molecular weight is 372 g/mol. The number of hydrogen-bond acceptors (Lipinski definition) is 6. The Morgan fingerprint density at radius 2 is 1.96 bits per heavy atom. The van der Waals surface area contributed by atoms with Gasteiger partial charge in [-0.3, -0.25) is 4.79 Å². The first-order valence-corrected chi connectivity index (χ1v) is 9.39. The molecule has 2 heterocycles. The topological polar surface area (TPSA) is 68.3 Å². The number of carbonyl (C=O) groups is 2. The number of aromatic nitrogens is 1. The second-order valence-corrected chi connectivity index (χ2v) is 6.94. The maximum Gasteiger partial charge on any atom is 0.337 e. The van der Waals surface area contributed by atoms with Crippen molar-refractivity contribution in [3.63, 3.8) is 0 Å². The fourth-order valence-corrected chi connectivity index (χ4v) is 3.74. The van der Waals surface area contributed by atoms with E-state index in [1.165, 1.54) is 7.11 Å². The van der Waals surface area contributed by atoms with E-state index in [1.54, 1.807) is 46.9 Å². The van der Waals surface area contributed by atoms with Crippen LogP contribution in [0.3, 0.4) is 0 Å². The van der Waals surface area contributed by atoms with E-state index >= 15 is 0 Å². The van der Waals surface area contributed by atoms with Gasteiger partial charge in [-0.1, -0.05) is 12.1 Å². The molecule has 0 atom stereocenters. The Bertz CT molecular complexity index is 855. The van der Waals surface area contributed by atoms with Crippen LogP contribution >= 0.6 is 22.7 Å². The van der Waals surface area contributed by atoms with Crippen molar-refractivity contribution >= 4 is 34.6 Å². The zero-order valence-corrected chi connectivity index (χ0v) is 15.2. The molecule has 1 N–H and O–H groups in total. The highest BCUT2D eigenvalue weighted by molar-refractivity contribution is 7.14. The van der Waals surface area contributed by atoms with Crippen LogP contribution in [0.2, 0.25) is 0 Å². The van der Waals surface area contributed by atoms with Crippen molar-refractivity contribution in [1.82, 2.24) is 10.3 Å². The number of rotatable bonds is 6. The van der Waals surface area contributed by atoms with Crippen LogP contribution in [0.5, 0.6) is 0 Å². The van der Waals surface area contributed by atoms with Gasteiger partial charge in [-0.05, 0) is 29.1 Å². The Labute approximate surface area is 153 Å². The lowest BCUT2D eigenvalue weighted by atomic mass is 10.1. The number of thiazole rings is 1. The molecule has 7 heteroatoms. The standard InChI is InChI=1S/C18H16N2O3S2/c1-23-18(22)13-4-2-12(3-5-13)9-19-16(21)8-15-11-25-17(20-15)14-6-7-24-10-14/h2-7,10-11H,8-9H2,1H3,(H,19,21). The highest BCUT2D eigenvalue weighted by Crippen LogP contribution is 2.25. The normalized spacial score (nSPS) is 10.4. The van der Waals surface area contributed by atoms with Gasteiger partial charge in [-0.15, -0.1) is 11.3 Å². The molecule has 0 spiro atoms. The molecule has 0 saturated carbocycles. The molecule has 0 aliphatic rings. The fraction of sp³-hybridized carbons (Fsp3) is 0.167. The van der Waals surface area contributed by atoms with Crippen molar-refractivity contribution in [1.29, 1.82) is 0 Å². The summed E-state index contributed by atoms with van der Waals surface area (Å²) in [6.07, 6.45) is 0.251. The first-order chi connectivity index (χ1) is 12.2. The molecule has 0 aliphatic carbocycles. The largest absolute Gasteiger partial charge is 0.465 e. The number of ether oxygens (including phenoxy) is 1. The number of esters is 1. The Morgan fingerprint density at radius 1 is 1.16 bits per heavy atom. The van der Waals surface area contributed by atoms with Crippen LogP contribution in [-0.4, -0.2) is 24.0 Å². The Morgan fingerprint density at radius 3 is 2.64 bits per heavy atom. The lowest BCUT2D eigenvalue weighted by molar-refractivity contribution is -0.120. The van der Waals surface area contributed by atoms with Gasteiger partial charge in [-0.2, -0.15) is 11.3 Å². The molecule has 0 aliphatic heterocycles. The highest BCUT2D eigenvalue weighted by Gasteiger charge is 2.10. The van der Waals surface area contributed by atoms with Crippen LogP contribution in [0, 0.1) is 0 Å². The minimum absolute atomic E-state index is 0.0841. The molecule has 128 valence electrons. The van der Waals surface area contributed by atoms with Crippen LogP contribution < -0.4 is 5.32 Å².